The molecule has 0 amide bonds. The van der Waals surface area contributed by atoms with Crippen molar-refractivity contribution in [3.63, 3.8) is 0 Å². The quantitative estimate of drug-likeness (QED) is 0.888. The lowest BCUT2D eigenvalue weighted by atomic mass is 10.1. The number of benzene rings is 1. The molecule has 3 heteroatoms. The minimum absolute atomic E-state index is 0.864. The maximum Gasteiger partial charge on any atom is 0.125 e. The molecule has 0 radical (unpaired) electrons. The fourth-order valence-corrected chi connectivity index (χ4v) is 2.02. The van der Waals surface area contributed by atoms with Gasteiger partial charge >= 0.3 is 0 Å². The second kappa shape index (κ2) is 6.23. The smallest absolute Gasteiger partial charge is 0.125 e. The molecule has 2 rings (SSSR count). The second-order valence-corrected chi connectivity index (χ2v) is 4.68. The van der Waals surface area contributed by atoms with Crippen LogP contribution in [0, 0.1) is 0 Å². The molecular formula is C16H21N3. The van der Waals surface area contributed by atoms with Crippen molar-refractivity contribution in [1.82, 2.24) is 4.98 Å². The van der Waals surface area contributed by atoms with Crippen LogP contribution in [0.25, 0.3) is 0 Å². The average Bonchev–Trinajstić information content (AvgIpc) is 2.48. The van der Waals surface area contributed by atoms with Gasteiger partial charge in [-0.1, -0.05) is 25.1 Å². The first-order valence-electron chi connectivity index (χ1n) is 6.65. The predicted molar refractivity (Wildman–Crippen MR) is 81.7 cm³/mol. The number of hydrogen-bond acceptors (Lipinski definition) is 3. The van der Waals surface area contributed by atoms with Crippen molar-refractivity contribution in [2.45, 2.75) is 19.9 Å². The Morgan fingerprint density at radius 3 is 2.26 bits per heavy atom. The summed E-state index contributed by atoms with van der Waals surface area (Å²) < 4.78 is 0. The normalized spacial score (nSPS) is 10.3. The van der Waals surface area contributed by atoms with E-state index >= 15 is 0 Å². The molecule has 100 valence electrons. The molecule has 0 saturated heterocycles. The lowest BCUT2D eigenvalue weighted by Gasteiger charge is -2.19. The molecule has 1 aromatic carbocycles. The van der Waals surface area contributed by atoms with Crippen LogP contribution >= 0.6 is 0 Å². The van der Waals surface area contributed by atoms with Crippen LogP contribution in [0.1, 0.15) is 18.1 Å². The summed E-state index contributed by atoms with van der Waals surface area (Å²) in [6, 6.07) is 12.8. The third-order valence-corrected chi connectivity index (χ3v) is 3.29. The molecule has 0 saturated carbocycles. The maximum atomic E-state index is 4.33. The van der Waals surface area contributed by atoms with E-state index in [1.165, 1.54) is 16.8 Å². The molecule has 1 aromatic heterocycles. The van der Waals surface area contributed by atoms with E-state index < -0.39 is 0 Å². The lowest BCUT2D eigenvalue weighted by Crippen LogP contribution is -2.16. The van der Waals surface area contributed by atoms with Gasteiger partial charge in [-0.15, -0.1) is 0 Å². The highest BCUT2D eigenvalue weighted by molar-refractivity contribution is 5.47. The van der Waals surface area contributed by atoms with E-state index in [-0.39, 0.29) is 0 Å². The number of hydrogen-bond donors (Lipinski definition) is 1. The maximum absolute atomic E-state index is 4.33. The third kappa shape index (κ3) is 3.47. The minimum Gasteiger partial charge on any atom is -0.373 e. The zero-order valence-corrected chi connectivity index (χ0v) is 11.9. The summed E-state index contributed by atoms with van der Waals surface area (Å²) in [6.45, 7) is 3.04. The van der Waals surface area contributed by atoms with E-state index in [1.54, 1.807) is 0 Å². The van der Waals surface area contributed by atoms with Gasteiger partial charge < -0.3 is 10.2 Å². The van der Waals surface area contributed by atoms with Crippen LogP contribution < -0.4 is 10.2 Å². The number of aryl methyl sites for hydroxylation is 1. The predicted octanol–water partition coefficient (Wildman–Crippen LogP) is 3.32. The molecule has 0 aliphatic rings. The fourth-order valence-electron chi connectivity index (χ4n) is 2.02. The zero-order valence-electron chi connectivity index (χ0n) is 11.9. The Bertz CT molecular complexity index is 503. The number of anilines is 2. The molecule has 0 fully saturated rings. The topological polar surface area (TPSA) is 28.2 Å². The first kappa shape index (κ1) is 13.4. The van der Waals surface area contributed by atoms with Crippen molar-refractivity contribution in [2.75, 3.05) is 24.3 Å². The Morgan fingerprint density at radius 1 is 1.05 bits per heavy atom. The van der Waals surface area contributed by atoms with Gasteiger partial charge in [-0.2, -0.15) is 0 Å². The van der Waals surface area contributed by atoms with E-state index in [4.69, 9.17) is 0 Å². The molecule has 1 N–H and O–H groups in total. The highest BCUT2D eigenvalue weighted by atomic mass is 15.1. The fraction of sp³-hybridized carbons (Fsp3) is 0.312. The van der Waals surface area contributed by atoms with E-state index in [1.807, 2.05) is 19.3 Å². The van der Waals surface area contributed by atoms with Crippen molar-refractivity contribution >= 4 is 11.5 Å². The second-order valence-electron chi connectivity index (χ2n) is 4.68. The Hall–Kier alpha value is -2.03. The van der Waals surface area contributed by atoms with Crippen molar-refractivity contribution in [3.05, 3.63) is 53.7 Å². The third-order valence-electron chi connectivity index (χ3n) is 3.29. The molecule has 1 heterocycles. The van der Waals surface area contributed by atoms with Crippen LogP contribution in [0.5, 0.6) is 0 Å². The average molecular weight is 255 g/mol. The van der Waals surface area contributed by atoms with Crippen LogP contribution in [-0.4, -0.2) is 19.1 Å². The van der Waals surface area contributed by atoms with Crippen LogP contribution in [-0.2, 0) is 13.0 Å². The van der Waals surface area contributed by atoms with Gasteiger partial charge in [0.1, 0.15) is 5.82 Å². The summed E-state index contributed by atoms with van der Waals surface area (Å²) in [5, 5.41) is 3.03. The molecule has 2 aromatic rings. The molecule has 19 heavy (non-hydrogen) atoms. The van der Waals surface area contributed by atoms with Gasteiger partial charge in [-0.25, -0.2) is 4.98 Å². The summed E-state index contributed by atoms with van der Waals surface area (Å²) >= 11 is 0. The summed E-state index contributed by atoms with van der Waals surface area (Å²) in [5.41, 5.74) is 3.81. The van der Waals surface area contributed by atoms with Crippen molar-refractivity contribution in [2.24, 2.45) is 0 Å². The largest absolute Gasteiger partial charge is 0.373 e. The summed E-state index contributed by atoms with van der Waals surface area (Å²) in [6.07, 6.45) is 3.00. The molecule has 3 nitrogen and oxygen atoms in total. The highest BCUT2D eigenvalue weighted by Gasteiger charge is 2.02. The minimum atomic E-state index is 0.864. The van der Waals surface area contributed by atoms with Crippen LogP contribution in [0.15, 0.2) is 42.6 Å². The monoisotopic (exact) mass is 255 g/mol. The zero-order chi connectivity index (χ0) is 13.7. The van der Waals surface area contributed by atoms with Crippen molar-refractivity contribution in [1.29, 1.82) is 0 Å². The molecule has 0 aliphatic heterocycles. The SMILES string of the molecule is CCc1ccc(N(C)Cc2ccc(NC)nc2)cc1. The summed E-state index contributed by atoms with van der Waals surface area (Å²) in [5.74, 6) is 0.902. The van der Waals surface area contributed by atoms with Gasteiger partial charge in [-0.3, -0.25) is 0 Å². The lowest BCUT2D eigenvalue weighted by molar-refractivity contribution is 0.914. The van der Waals surface area contributed by atoms with Gasteiger partial charge in [0.15, 0.2) is 0 Å². The van der Waals surface area contributed by atoms with Crippen LogP contribution in [0.2, 0.25) is 0 Å². The summed E-state index contributed by atoms with van der Waals surface area (Å²) in [4.78, 5) is 6.57. The number of nitrogens with zero attached hydrogens (tertiary/aromatic N) is 2. The molecule has 0 unspecified atom stereocenters. The number of pyridine rings is 1. The van der Waals surface area contributed by atoms with Crippen molar-refractivity contribution in [3.8, 4) is 0 Å². The van der Waals surface area contributed by atoms with Crippen molar-refractivity contribution < 1.29 is 0 Å². The van der Waals surface area contributed by atoms with E-state index in [0.29, 0.717) is 0 Å². The van der Waals surface area contributed by atoms with Crippen LogP contribution in [0.4, 0.5) is 11.5 Å². The van der Waals surface area contributed by atoms with Gasteiger partial charge in [0.05, 0.1) is 0 Å². The van der Waals surface area contributed by atoms with E-state index in [0.717, 1.165) is 18.8 Å². The number of aromatic nitrogens is 1. The van der Waals surface area contributed by atoms with Gasteiger partial charge in [-0.05, 0) is 35.7 Å². The molecule has 0 atom stereocenters. The number of rotatable bonds is 5. The first-order chi connectivity index (χ1) is 9.22. The Morgan fingerprint density at radius 2 is 1.74 bits per heavy atom. The summed E-state index contributed by atoms with van der Waals surface area (Å²) in [7, 11) is 3.98. The Labute approximate surface area is 115 Å². The highest BCUT2D eigenvalue weighted by Crippen LogP contribution is 2.17. The van der Waals surface area contributed by atoms with E-state index in [2.05, 4.69) is 59.5 Å². The molecular weight excluding hydrogens is 234 g/mol. The molecule has 0 spiro atoms. The molecule has 0 aliphatic carbocycles. The van der Waals surface area contributed by atoms with Gasteiger partial charge in [0, 0.05) is 32.5 Å². The van der Waals surface area contributed by atoms with Crippen LogP contribution in [0.3, 0.4) is 0 Å². The van der Waals surface area contributed by atoms with E-state index in [9.17, 15) is 0 Å². The Balaban J connectivity index is 2.04. The standard InChI is InChI=1S/C16H21N3/c1-4-13-5-8-15(9-6-13)19(3)12-14-7-10-16(17-2)18-11-14/h5-11H,4,12H2,1-3H3,(H,17,18). The Kier molecular flexibility index (Phi) is 4.39. The number of nitrogens with one attached hydrogen (secondary N) is 1. The van der Waals surface area contributed by atoms with Gasteiger partial charge in [0.2, 0.25) is 0 Å². The van der Waals surface area contributed by atoms with Gasteiger partial charge in [0.25, 0.3) is 0 Å². The molecule has 0 bridgehead atoms. The first-order valence-corrected chi connectivity index (χ1v) is 6.65.